The maximum atomic E-state index is 8.99. The van der Waals surface area contributed by atoms with Gasteiger partial charge in [-0.3, -0.25) is 0 Å². The van der Waals surface area contributed by atoms with Gasteiger partial charge in [0, 0.05) is 0 Å². The van der Waals surface area contributed by atoms with Crippen LogP contribution in [0.1, 0.15) is 49.7 Å². The highest BCUT2D eigenvalue weighted by atomic mass is 14.6. The largest absolute Gasteiger partial charge is 0.330 e. The number of nitrogens with two attached hydrogens (primary N) is 1. The summed E-state index contributed by atoms with van der Waals surface area (Å²) in [5.41, 5.74) is 7.95. The van der Waals surface area contributed by atoms with Crippen LogP contribution in [0.25, 0.3) is 0 Å². The monoisotopic (exact) mass is 242 g/mol. The minimum Gasteiger partial charge on any atom is -0.330 e. The zero-order chi connectivity index (χ0) is 13.0. The average Bonchev–Trinajstić information content (AvgIpc) is 2.93. The Bertz CT molecular complexity index is 427. The van der Waals surface area contributed by atoms with E-state index in [1.54, 1.807) is 0 Å². The first kappa shape index (κ1) is 13.1. The van der Waals surface area contributed by atoms with Gasteiger partial charge in [-0.2, -0.15) is 5.26 Å². The summed E-state index contributed by atoms with van der Waals surface area (Å²) in [7, 11) is 0. The third-order valence-corrected chi connectivity index (χ3v) is 4.48. The molecule has 2 nitrogen and oxygen atoms in total. The zero-order valence-corrected chi connectivity index (χ0v) is 11.1. The van der Waals surface area contributed by atoms with Crippen LogP contribution in [0.3, 0.4) is 0 Å². The smallest absolute Gasteiger partial charge is 0.0991 e. The summed E-state index contributed by atoms with van der Waals surface area (Å²) in [5.74, 6) is 1.82. The minimum absolute atomic E-state index is 0.390. The molecule has 18 heavy (non-hydrogen) atoms. The summed E-state index contributed by atoms with van der Waals surface area (Å²) in [4.78, 5) is 0. The first-order valence-electron chi connectivity index (χ1n) is 6.96. The van der Waals surface area contributed by atoms with Crippen molar-refractivity contribution in [1.29, 1.82) is 5.26 Å². The molecule has 0 bridgehead atoms. The van der Waals surface area contributed by atoms with Gasteiger partial charge in [-0.05, 0) is 42.0 Å². The van der Waals surface area contributed by atoms with Gasteiger partial charge in [0.25, 0.3) is 0 Å². The molecule has 1 aromatic rings. The number of rotatable bonds is 4. The molecule has 0 aromatic heterocycles. The first-order valence-corrected chi connectivity index (χ1v) is 6.96. The fraction of sp³-hybridized carbons (Fsp3) is 0.562. The summed E-state index contributed by atoms with van der Waals surface area (Å²) in [6, 6.07) is 10.2. The van der Waals surface area contributed by atoms with Crippen molar-refractivity contribution in [3.8, 4) is 6.07 Å². The summed E-state index contributed by atoms with van der Waals surface area (Å²) in [6.45, 7) is 3.00. The van der Waals surface area contributed by atoms with E-state index in [0.29, 0.717) is 18.4 Å². The highest BCUT2D eigenvalue weighted by molar-refractivity contribution is 5.34. The predicted octanol–water partition coefficient (Wildman–Crippen LogP) is 3.43. The van der Waals surface area contributed by atoms with Gasteiger partial charge in [0.15, 0.2) is 0 Å². The molecule has 0 radical (unpaired) electrons. The molecule has 1 fully saturated rings. The Hall–Kier alpha value is -1.33. The van der Waals surface area contributed by atoms with Crippen LogP contribution < -0.4 is 5.73 Å². The van der Waals surface area contributed by atoms with Crippen molar-refractivity contribution in [3.05, 3.63) is 35.4 Å². The number of nitriles is 1. The summed E-state index contributed by atoms with van der Waals surface area (Å²) in [5, 5.41) is 8.99. The van der Waals surface area contributed by atoms with Crippen molar-refractivity contribution in [2.24, 2.45) is 17.6 Å². The maximum Gasteiger partial charge on any atom is 0.0991 e. The van der Waals surface area contributed by atoms with Gasteiger partial charge in [-0.15, -0.1) is 0 Å². The van der Waals surface area contributed by atoms with Crippen LogP contribution in [0, 0.1) is 23.2 Å². The van der Waals surface area contributed by atoms with Crippen molar-refractivity contribution in [1.82, 2.24) is 0 Å². The van der Waals surface area contributed by atoms with Gasteiger partial charge in [0.1, 0.15) is 0 Å². The second-order valence-electron chi connectivity index (χ2n) is 5.48. The topological polar surface area (TPSA) is 49.8 Å². The quantitative estimate of drug-likeness (QED) is 0.879. The van der Waals surface area contributed by atoms with Crippen molar-refractivity contribution >= 4 is 0 Å². The third kappa shape index (κ3) is 2.73. The molecule has 2 rings (SSSR count). The molecule has 0 saturated heterocycles. The number of benzene rings is 1. The maximum absolute atomic E-state index is 8.99. The molecular formula is C16H22N2. The summed E-state index contributed by atoms with van der Waals surface area (Å²) >= 11 is 0. The van der Waals surface area contributed by atoms with Crippen molar-refractivity contribution in [2.45, 2.75) is 38.5 Å². The van der Waals surface area contributed by atoms with Gasteiger partial charge >= 0.3 is 0 Å². The van der Waals surface area contributed by atoms with E-state index in [0.717, 1.165) is 11.5 Å². The van der Waals surface area contributed by atoms with Gasteiger partial charge < -0.3 is 5.73 Å². The average molecular weight is 242 g/mol. The van der Waals surface area contributed by atoms with E-state index >= 15 is 0 Å². The highest BCUT2D eigenvalue weighted by Gasteiger charge is 2.28. The van der Waals surface area contributed by atoms with E-state index in [1.807, 2.05) is 18.2 Å². The van der Waals surface area contributed by atoms with Crippen LogP contribution in [0.5, 0.6) is 0 Å². The van der Waals surface area contributed by atoms with Crippen LogP contribution >= 0.6 is 0 Å². The Morgan fingerprint density at radius 2 is 2.11 bits per heavy atom. The van der Waals surface area contributed by atoms with Crippen LogP contribution in [-0.2, 0) is 0 Å². The van der Waals surface area contributed by atoms with Crippen LogP contribution in [0.15, 0.2) is 24.3 Å². The molecule has 2 atom stereocenters. The van der Waals surface area contributed by atoms with E-state index in [-0.39, 0.29) is 0 Å². The molecule has 0 aliphatic heterocycles. The van der Waals surface area contributed by atoms with E-state index in [4.69, 9.17) is 11.0 Å². The van der Waals surface area contributed by atoms with Crippen LogP contribution in [0.4, 0.5) is 0 Å². The number of hydrogen-bond acceptors (Lipinski definition) is 2. The lowest BCUT2D eigenvalue weighted by atomic mass is 9.78. The van der Waals surface area contributed by atoms with Gasteiger partial charge in [-0.25, -0.2) is 0 Å². The molecule has 0 heterocycles. The van der Waals surface area contributed by atoms with Gasteiger partial charge in [0.2, 0.25) is 0 Å². The Morgan fingerprint density at radius 3 is 2.72 bits per heavy atom. The highest BCUT2D eigenvalue weighted by Crippen LogP contribution is 2.38. The second kappa shape index (κ2) is 6.02. The van der Waals surface area contributed by atoms with Crippen LogP contribution in [-0.4, -0.2) is 6.54 Å². The fourth-order valence-corrected chi connectivity index (χ4v) is 3.30. The van der Waals surface area contributed by atoms with Crippen molar-refractivity contribution in [2.75, 3.05) is 6.54 Å². The zero-order valence-electron chi connectivity index (χ0n) is 11.1. The molecule has 1 aliphatic rings. The lowest BCUT2D eigenvalue weighted by Crippen LogP contribution is -2.24. The Morgan fingerprint density at radius 1 is 1.39 bits per heavy atom. The molecule has 0 spiro atoms. The predicted molar refractivity (Wildman–Crippen MR) is 74.1 cm³/mol. The fourth-order valence-electron chi connectivity index (χ4n) is 3.30. The lowest BCUT2D eigenvalue weighted by molar-refractivity contribution is 0.312. The van der Waals surface area contributed by atoms with Gasteiger partial charge in [-0.1, -0.05) is 44.7 Å². The Labute approximate surface area is 110 Å². The Kier molecular flexibility index (Phi) is 4.38. The molecular weight excluding hydrogens is 220 g/mol. The SMILES string of the molecule is CC(C1CCCC1)C(CN)c1cccc(C#N)c1. The van der Waals surface area contributed by atoms with E-state index < -0.39 is 0 Å². The molecule has 2 heteroatoms. The molecule has 96 valence electrons. The third-order valence-electron chi connectivity index (χ3n) is 4.48. The van der Waals surface area contributed by atoms with E-state index in [9.17, 15) is 0 Å². The molecule has 1 saturated carbocycles. The van der Waals surface area contributed by atoms with E-state index in [1.165, 1.54) is 31.2 Å². The van der Waals surface area contributed by atoms with Crippen molar-refractivity contribution in [3.63, 3.8) is 0 Å². The van der Waals surface area contributed by atoms with E-state index in [2.05, 4.69) is 19.1 Å². The summed E-state index contributed by atoms with van der Waals surface area (Å²) in [6.07, 6.45) is 5.42. The molecule has 2 unspecified atom stereocenters. The molecule has 0 amide bonds. The number of nitrogens with zero attached hydrogens (tertiary/aromatic N) is 1. The molecule has 2 N–H and O–H groups in total. The summed E-state index contributed by atoms with van der Waals surface area (Å²) < 4.78 is 0. The minimum atomic E-state index is 0.390. The molecule has 1 aromatic carbocycles. The second-order valence-corrected chi connectivity index (χ2v) is 5.48. The van der Waals surface area contributed by atoms with Gasteiger partial charge in [0.05, 0.1) is 11.6 Å². The normalized spacial score (nSPS) is 19.4. The first-order chi connectivity index (χ1) is 8.76. The Balaban J connectivity index is 2.18. The number of hydrogen-bond donors (Lipinski definition) is 1. The van der Waals surface area contributed by atoms with Crippen LogP contribution in [0.2, 0.25) is 0 Å². The van der Waals surface area contributed by atoms with Crippen molar-refractivity contribution < 1.29 is 0 Å². The molecule has 1 aliphatic carbocycles. The standard InChI is InChI=1S/C16H22N2/c1-12(14-6-2-3-7-14)16(11-18)15-8-4-5-13(9-15)10-17/h4-5,8-9,12,14,16H,2-3,6-7,11,18H2,1H3. The lowest BCUT2D eigenvalue weighted by Gasteiger charge is -2.28.